The summed E-state index contributed by atoms with van der Waals surface area (Å²) in [6.07, 6.45) is 6.98. The van der Waals surface area contributed by atoms with Crippen LogP contribution in [0.15, 0.2) is 73.3 Å². The highest BCUT2D eigenvalue weighted by atomic mass is 35.5. The van der Waals surface area contributed by atoms with Gasteiger partial charge in [-0.15, -0.1) is 24.8 Å². The quantitative estimate of drug-likeness (QED) is 0.486. The van der Waals surface area contributed by atoms with Crippen LogP contribution in [-0.2, 0) is 0 Å². The lowest BCUT2D eigenvalue weighted by Crippen LogP contribution is -1.78. The summed E-state index contributed by atoms with van der Waals surface area (Å²) in [6.45, 7) is 0. The lowest BCUT2D eigenvalue weighted by atomic mass is 10.3. The van der Waals surface area contributed by atoms with Gasteiger partial charge in [-0.05, 0) is 48.5 Å². The Balaban J connectivity index is 0.000000202. The lowest BCUT2D eigenvalue weighted by molar-refractivity contribution is 1.29. The maximum absolute atomic E-state index is 4.07. The zero-order chi connectivity index (χ0) is 13.6. The molecule has 0 saturated heterocycles. The number of pyridine rings is 4. The molecule has 0 fully saturated rings. The average Bonchev–Trinajstić information content (AvgIpc) is 2.56. The summed E-state index contributed by atoms with van der Waals surface area (Å²) in [5, 5.41) is 2.18. The van der Waals surface area contributed by atoms with Crippen LogP contribution in [0.4, 0.5) is 0 Å². The summed E-state index contributed by atoms with van der Waals surface area (Å²) < 4.78 is 0. The minimum absolute atomic E-state index is 0. The van der Waals surface area contributed by atoms with Crippen molar-refractivity contribution < 1.29 is 0 Å². The molecule has 0 aliphatic carbocycles. The second kappa shape index (κ2) is 8.87. The topological polar surface area (TPSA) is 51.6 Å². The highest BCUT2D eigenvalue weighted by Gasteiger charge is 1.89. The van der Waals surface area contributed by atoms with Gasteiger partial charge in [-0.3, -0.25) is 0 Å². The molecule has 0 amide bonds. The van der Waals surface area contributed by atoms with Gasteiger partial charge in [0.1, 0.15) is 0 Å². The number of nitrogens with zero attached hydrogens (tertiary/aromatic N) is 4. The molecule has 0 unspecified atom stereocenters. The Morgan fingerprint density at radius 3 is 0.955 bits per heavy atom. The predicted molar refractivity (Wildman–Crippen MR) is 93.6 cm³/mol. The zero-order valence-corrected chi connectivity index (χ0v) is 13.2. The van der Waals surface area contributed by atoms with Crippen LogP contribution in [0.25, 0.3) is 22.1 Å². The van der Waals surface area contributed by atoms with Gasteiger partial charge in [0.2, 0.25) is 0 Å². The molecule has 6 heteroatoms. The van der Waals surface area contributed by atoms with Gasteiger partial charge >= 0.3 is 0 Å². The van der Waals surface area contributed by atoms with Gasteiger partial charge in [0, 0.05) is 35.6 Å². The molecule has 4 rings (SSSR count). The van der Waals surface area contributed by atoms with Gasteiger partial charge < -0.3 is 0 Å². The van der Waals surface area contributed by atoms with E-state index in [0.717, 1.165) is 22.1 Å². The Morgan fingerprint density at radius 2 is 0.727 bits per heavy atom. The molecule has 0 aliphatic heterocycles. The third kappa shape index (κ3) is 4.35. The minimum Gasteiger partial charge on any atom is -0.237 e. The molecule has 0 N–H and O–H groups in total. The average molecular weight is 333 g/mol. The summed E-state index contributed by atoms with van der Waals surface area (Å²) in [4.78, 5) is 16.3. The smallest absolute Gasteiger partial charge is 0.159 e. The third-order valence-corrected chi connectivity index (χ3v) is 2.75. The molecule has 0 radical (unpaired) electrons. The van der Waals surface area contributed by atoms with E-state index < -0.39 is 0 Å². The molecule has 4 heterocycles. The maximum atomic E-state index is 4.07. The van der Waals surface area contributed by atoms with Crippen LogP contribution in [0.3, 0.4) is 0 Å². The Bertz CT molecular complexity index is 637. The first kappa shape index (κ1) is 17.8. The van der Waals surface area contributed by atoms with Crippen LogP contribution < -0.4 is 0 Å². The predicted octanol–water partition coefficient (Wildman–Crippen LogP) is 4.10. The second-order valence-electron chi connectivity index (χ2n) is 4.11. The largest absolute Gasteiger partial charge is 0.237 e. The minimum atomic E-state index is 0. The molecule has 22 heavy (non-hydrogen) atoms. The molecule has 0 aliphatic rings. The van der Waals surface area contributed by atoms with E-state index in [9.17, 15) is 0 Å². The fourth-order valence-electron chi connectivity index (χ4n) is 1.82. The Hall–Kier alpha value is -2.30. The van der Waals surface area contributed by atoms with E-state index in [1.54, 1.807) is 24.8 Å². The molecule has 4 nitrogen and oxygen atoms in total. The van der Waals surface area contributed by atoms with E-state index in [-0.39, 0.29) is 24.8 Å². The van der Waals surface area contributed by atoms with Gasteiger partial charge in [0.05, 0.1) is 0 Å². The number of hydrogen-bond acceptors (Lipinski definition) is 4. The Morgan fingerprint density at radius 1 is 0.455 bits per heavy atom. The molecule has 4 aromatic rings. The summed E-state index contributed by atoms with van der Waals surface area (Å²) in [7, 11) is 0. The van der Waals surface area contributed by atoms with Crippen molar-refractivity contribution in [1.82, 2.24) is 19.9 Å². The first-order valence-corrected chi connectivity index (χ1v) is 6.25. The van der Waals surface area contributed by atoms with E-state index in [0.29, 0.717) is 0 Å². The Kier molecular flexibility index (Phi) is 7.16. The SMILES string of the molecule is Cl.Cl.c1cnc2ncccc2c1.c1cnc2ncccc2c1. The van der Waals surface area contributed by atoms with Gasteiger partial charge in [-0.1, -0.05) is 0 Å². The second-order valence-corrected chi connectivity index (χ2v) is 4.11. The molecule has 112 valence electrons. The molecule has 0 bridgehead atoms. The van der Waals surface area contributed by atoms with Crippen LogP contribution in [0.5, 0.6) is 0 Å². The molecular weight excluding hydrogens is 319 g/mol. The third-order valence-electron chi connectivity index (χ3n) is 2.75. The standard InChI is InChI=1S/2C8H6N2.2ClH/c2*1-3-7-4-2-6-10-8(7)9-5-1;;/h2*1-6H;2*1H. The number of aromatic nitrogens is 4. The summed E-state index contributed by atoms with van der Waals surface area (Å²) in [5.41, 5.74) is 1.62. The van der Waals surface area contributed by atoms with Gasteiger partial charge in [-0.2, -0.15) is 0 Å². The van der Waals surface area contributed by atoms with Gasteiger partial charge in [0.25, 0.3) is 0 Å². The van der Waals surface area contributed by atoms with Crippen molar-refractivity contribution in [1.29, 1.82) is 0 Å². The summed E-state index contributed by atoms with van der Waals surface area (Å²) >= 11 is 0. The first-order chi connectivity index (χ1) is 9.93. The fourth-order valence-corrected chi connectivity index (χ4v) is 1.82. The fraction of sp³-hybridized carbons (Fsp3) is 0. The van der Waals surface area contributed by atoms with Crippen molar-refractivity contribution in [3.8, 4) is 0 Å². The van der Waals surface area contributed by atoms with Crippen molar-refractivity contribution in [2.75, 3.05) is 0 Å². The molecule has 0 saturated carbocycles. The van der Waals surface area contributed by atoms with Crippen molar-refractivity contribution in [2.45, 2.75) is 0 Å². The van der Waals surface area contributed by atoms with E-state index in [2.05, 4.69) is 19.9 Å². The number of fused-ring (bicyclic) bond motifs is 2. The van der Waals surface area contributed by atoms with Crippen molar-refractivity contribution in [3.63, 3.8) is 0 Å². The normalized spacial score (nSPS) is 9.09. The highest BCUT2D eigenvalue weighted by Crippen LogP contribution is 2.05. The lowest BCUT2D eigenvalue weighted by Gasteiger charge is -1.90. The van der Waals surface area contributed by atoms with Crippen molar-refractivity contribution in [3.05, 3.63) is 73.3 Å². The van der Waals surface area contributed by atoms with Crippen molar-refractivity contribution >= 4 is 46.9 Å². The van der Waals surface area contributed by atoms with Crippen LogP contribution >= 0.6 is 24.8 Å². The van der Waals surface area contributed by atoms with E-state index >= 15 is 0 Å². The van der Waals surface area contributed by atoms with E-state index in [1.165, 1.54) is 0 Å². The maximum Gasteiger partial charge on any atom is 0.159 e. The van der Waals surface area contributed by atoms with Gasteiger partial charge in [0.15, 0.2) is 11.3 Å². The van der Waals surface area contributed by atoms with Crippen molar-refractivity contribution in [2.24, 2.45) is 0 Å². The van der Waals surface area contributed by atoms with E-state index in [4.69, 9.17) is 0 Å². The monoisotopic (exact) mass is 332 g/mol. The molecule has 0 aromatic carbocycles. The number of rotatable bonds is 0. The van der Waals surface area contributed by atoms with Crippen LogP contribution in [0.2, 0.25) is 0 Å². The van der Waals surface area contributed by atoms with E-state index in [1.807, 2.05) is 48.5 Å². The number of halogens is 2. The number of hydrogen-bond donors (Lipinski definition) is 0. The Labute approximate surface area is 140 Å². The summed E-state index contributed by atoms with van der Waals surface area (Å²) in [5.74, 6) is 0. The molecular formula is C16H14Cl2N4. The first-order valence-electron chi connectivity index (χ1n) is 6.25. The molecule has 0 atom stereocenters. The van der Waals surface area contributed by atoms with Crippen LogP contribution in [-0.4, -0.2) is 19.9 Å². The van der Waals surface area contributed by atoms with Crippen LogP contribution in [0, 0.1) is 0 Å². The molecule has 0 spiro atoms. The van der Waals surface area contributed by atoms with Crippen LogP contribution in [0.1, 0.15) is 0 Å². The summed E-state index contributed by atoms with van der Waals surface area (Å²) in [6, 6.07) is 15.6. The van der Waals surface area contributed by atoms with Gasteiger partial charge in [-0.25, -0.2) is 19.9 Å². The zero-order valence-electron chi connectivity index (χ0n) is 11.5. The molecule has 4 aromatic heterocycles. The highest BCUT2D eigenvalue weighted by molar-refractivity contribution is 5.85.